The molecule has 1 aliphatic rings. The van der Waals surface area contributed by atoms with Crippen molar-refractivity contribution in [3.05, 3.63) is 35.4 Å². The number of aryl methyl sites for hydroxylation is 1. The molecule has 1 aliphatic heterocycles. The maximum Gasteiger partial charge on any atom is 0.253 e. The van der Waals surface area contributed by atoms with Gasteiger partial charge in [0.25, 0.3) is 5.91 Å². The number of nitrogens with zero attached hydrogens (tertiary/aromatic N) is 5. The lowest BCUT2D eigenvalue weighted by Crippen LogP contribution is -2.42. The molecular weight excluding hydrogens is 334 g/mol. The quantitative estimate of drug-likeness (QED) is 0.847. The van der Waals surface area contributed by atoms with E-state index in [0.29, 0.717) is 31.0 Å². The average Bonchev–Trinajstić information content (AvgIpc) is 2.96. The van der Waals surface area contributed by atoms with Crippen molar-refractivity contribution in [3.8, 4) is 5.75 Å². The van der Waals surface area contributed by atoms with E-state index in [9.17, 15) is 9.90 Å². The maximum atomic E-state index is 12.3. The highest BCUT2D eigenvalue weighted by molar-refractivity contribution is 5.95. The van der Waals surface area contributed by atoms with Crippen LogP contribution in [0.2, 0.25) is 0 Å². The van der Waals surface area contributed by atoms with Gasteiger partial charge in [0.2, 0.25) is 0 Å². The summed E-state index contributed by atoms with van der Waals surface area (Å²) in [6, 6.07) is 5.56. The number of ether oxygens (including phenoxy) is 1. The Balaban J connectivity index is 1.84. The number of carbonyl (C=O) groups is 1. The van der Waals surface area contributed by atoms with Crippen LogP contribution in [-0.4, -0.2) is 71.1 Å². The number of hydrogen-bond donors (Lipinski definition) is 1. The van der Waals surface area contributed by atoms with Crippen LogP contribution < -0.4 is 9.64 Å². The zero-order chi connectivity index (χ0) is 18.8. The van der Waals surface area contributed by atoms with Crippen LogP contribution in [0.15, 0.2) is 18.2 Å². The average molecular weight is 359 g/mol. The van der Waals surface area contributed by atoms with Crippen LogP contribution in [0.1, 0.15) is 22.0 Å². The molecule has 0 saturated heterocycles. The van der Waals surface area contributed by atoms with Crippen LogP contribution >= 0.6 is 0 Å². The zero-order valence-electron chi connectivity index (χ0n) is 15.6. The van der Waals surface area contributed by atoms with Gasteiger partial charge in [0.1, 0.15) is 24.0 Å². The minimum atomic E-state index is -0.0402. The second-order valence-electron chi connectivity index (χ2n) is 6.68. The van der Waals surface area contributed by atoms with Gasteiger partial charge in [-0.1, -0.05) is 0 Å². The number of aliphatic hydroxyl groups is 1. The van der Waals surface area contributed by atoms with E-state index in [1.807, 2.05) is 26.1 Å². The van der Waals surface area contributed by atoms with Gasteiger partial charge in [-0.3, -0.25) is 4.79 Å². The third-order valence-electron chi connectivity index (χ3n) is 4.56. The number of benzene rings is 1. The Kier molecular flexibility index (Phi) is 5.13. The summed E-state index contributed by atoms with van der Waals surface area (Å²) in [7, 11) is 5.47. The molecule has 1 unspecified atom stereocenters. The van der Waals surface area contributed by atoms with Crippen molar-refractivity contribution in [1.29, 1.82) is 0 Å². The largest absolute Gasteiger partial charge is 0.489 e. The van der Waals surface area contributed by atoms with Gasteiger partial charge in [0.15, 0.2) is 0 Å². The fourth-order valence-electron chi connectivity index (χ4n) is 3.13. The van der Waals surface area contributed by atoms with E-state index >= 15 is 0 Å². The number of likely N-dealkylation sites (N-methyl/N-ethyl adjacent to an activating group) is 1. The van der Waals surface area contributed by atoms with Crippen molar-refractivity contribution in [2.75, 3.05) is 39.3 Å². The predicted molar refractivity (Wildman–Crippen MR) is 97.7 cm³/mol. The van der Waals surface area contributed by atoms with Crippen LogP contribution in [-0.2, 0) is 13.0 Å². The van der Waals surface area contributed by atoms with Crippen LogP contribution in [0.25, 0.3) is 0 Å². The molecule has 8 heteroatoms. The zero-order valence-corrected chi connectivity index (χ0v) is 15.6. The summed E-state index contributed by atoms with van der Waals surface area (Å²) in [6.45, 7) is 2.81. The van der Waals surface area contributed by atoms with Gasteiger partial charge in [-0.15, -0.1) is 0 Å². The molecule has 26 heavy (non-hydrogen) atoms. The number of anilines is 1. The Hall–Kier alpha value is -2.61. The normalized spacial score (nSPS) is 16.2. The third kappa shape index (κ3) is 3.50. The molecule has 2 aromatic rings. The van der Waals surface area contributed by atoms with Crippen LogP contribution in [0.3, 0.4) is 0 Å². The fourth-order valence-corrected chi connectivity index (χ4v) is 3.13. The van der Waals surface area contributed by atoms with Crippen LogP contribution in [0.4, 0.5) is 5.69 Å². The van der Waals surface area contributed by atoms with Crippen molar-refractivity contribution in [2.24, 2.45) is 0 Å². The Morgan fingerprint density at radius 1 is 1.42 bits per heavy atom. The Morgan fingerprint density at radius 3 is 2.88 bits per heavy atom. The van der Waals surface area contributed by atoms with Crippen LogP contribution in [0.5, 0.6) is 5.75 Å². The summed E-state index contributed by atoms with van der Waals surface area (Å²) in [5.41, 5.74) is 1.52. The molecule has 1 N–H and O–H groups in total. The lowest BCUT2D eigenvalue weighted by Gasteiger charge is -2.36. The van der Waals surface area contributed by atoms with Gasteiger partial charge in [0, 0.05) is 33.1 Å². The van der Waals surface area contributed by atoms with Gasteiger partial charge in [-0.2, -0.15) is 5.10 Å². The summed E-state index contributed by atoms with van der Waals surface area (Å²) in [5.74, 6) is 2.24. The lowest BCUT2D eigenvalue weighted by atomic mass is 10.1. The van der Waals surface area contributed by atoms with E-state index in [-0.39, 0.29) is 18.6 Å². The monoisotopic (exact) mass is 359 g/mol. The number of amides is 1. The molecule has 8 nitrogen and oxygen atoms in total. The minimum Gasteiger partial charge on any atom is -0.489 e. The van der Waals surface area contributed by atoms with Gasteiger partial charge in [-0.25, -0.2) is 9.67 Å². The second kappa shape index (κ2) is 7.33. The molecule has 1 amide bonds. The first kappa shape index (κ1) is 18.2. The van der Waals surface area contributed by atoms with Gasteiger partial charge in [0.05, 0.1) is 24.9 Å². The van der Waals surface area contributed by atoms with Gasteiger partial charge in [-0.05, 0) is 25.1 Å². The molecular formula is C18H25N5O3. The molecule has 0 fully saturated rings. The molecule has 0 bridgehead atoms. The Labute approximate surface area is 153 Å². The molecule has 140 valence electrons. The van der Waals surface area contributed by atoms with E-state index in [0.717, 1.165) is 17.3 Å². The number of carbonyl (C=O) groups excluding carboxylic acids is 1. The lowest BCUT2D eigenvalue weighted by molar-refractivity contribution is 0.0827. The number of rotatable bonds is 5. The first-order valence-electron chi connectivity index (χ1n) is 8.63. The molecule has 0 spiro atoms. The summed E-state index contributed by atoms with van der Waals surface area (Å²) in [5, 5.41) is 13.5. The number of fused-ring (bicyclic) bond motifs is 1. The molecule has 0 aliphatic carbocycles. The van der Waals surface area contributed by atoms with E-state index in [4.69, 9.17) is 4.74 Å². The molecule has 3 rings (SSSR count). The number of aromatic nitrogens is 3. The van der Waals surface area contributed by atoms with E-state index in [1.54, 1.807) is 29.7 Å². The smallest absolute Gasteiger partial charge is 0.253 e. The number of aliphatic hydroxyl groups excluding tert-OH is 1. The fraction of sp³-hybridized carbons (Fsp3) is 0.500. The number of hydrogen-bond acceptors (Lipinski definition) is 6. The second-order valence-corrected chi connectivity index (χ2v) is 6.68. The van der Waals surface area contributed by atoms with E-state index in [1.165, 1.54) is 0 Å². The predicted octanol–water partition coefficient (Wildman–Crippen LogP) is 0.721. The molecule has 0 saturated carbocycles. The van der Waals surface area contributed by atoms with Crippen molar-refractivity contribution in [3.63, 3.8) is 0 Å². The molecule has 1 atom stereocenters. The molecule has 1 aromatic heterocycles. The summed E-state index contributed by atoms with van der Waals surface area (Å²) >= 11 is 0. The van der Waals surface area contributed by atoms with E-state index in [2.05, 4.69) is 15.0 Å². The van der Waals surface area contributed by atoms with Crippen molar-refractivity contribution >= 4 is 11.6 Å². The van der Waals surface area contributed by atoms with Gasteiger partial charge < -0.3 is 19.6 Å². The minimum absolute atomic E-state index is 0.0195. The summed E-state index contributed by atoms with van der Waals surface area (Å²) < 4.78 is 7.65. The van der Waals surface area contributed by atoms with Crippen LogP contribution in [0, 0.1) is 6.92 Å². The van der Waals surface area contributed by atoms with Crippen molar-refractivity contribution < 1.29 is 14.6 Å². The molecule has 0 radical (unpaired) electrons. The Morgan fingerprint density at radius 2 is 2.19 bits per heavy atom. The first-order chi connectivity index (χ1) is 12.4. The topological polar surface area (TPSA) is 83.7 Å². The van der Waals surface area contributed by atoms with Gasteiger partial charge >= 0.3 is 0 Å². The Bertz CT molecular complexity index is 802. The van der Waals surface area contributed by atoms with Crippen molar-refractivity contribution in [2.45, 2.75) is 25.9 Å². The summed E-state index contributed by atoms with van der Waals surface area (Å²) in [4.78, 5) is 20.4. The highest BCUT2D eigenvalue weighted by atomic mass is 16.5. The van der Waals surface area contributed by atoms with E-state index < -0.39 is 0 Å². The maximum absolute atomic E-state index is 12.3. The summed E-state index contributed by atoms with van der Waals surface area (Å²) in [6.07, 6.45) is 0.642. The first-order valence-corrected chi connectivity index (χ1v) is 8.63. The molecule has 2 heterocycles. The third-order valence-corrected chi connectivity index (χ3v) is 4.56. The van der Waals surface area contributed by atoms with Crippen molar-refractivity contribution in [1.82, 2.24) is 19.7 Å². The standard InChI is InChI=1S/C18H25N5O3/c1-12-19-17(23(20-12)7-8-24)10-14-11-26-16-6-5-13(18(25)21(2)3)9-15(16)22(14)4/h5-6,9,14,24H,7-8,10-11H2,1-4H3. The molecule has 1 aromatic carbocycles. The highest BCUT2D eigenvalue weighted by Crippen LogP contribution is 2.34. The SMILES string of the molecule is Cc1nc(CC2COc3ccc(C(=O)N(C)C)cc3N2C)n(CCO)n1. The highest BCUT2D eigenvalue weighted by Gasteiger charge is 2.27.